The average molecular weight is 511 g/mol. The Labute approximate surface area is 208 Å². The molecule has 0 radical (unpaired) electrons. The maximum Gasteiger partial charge on any atom is 0.416 e. The van der Waals surface area contributed by atoms with Crippen LogP contribution in [0.5, 0.6) is 0 Å². The second kappa shape index (κ2) is 11.9. The average Bonchev–Trinajstić information content (AvgIpc) is 2.99. The minimum absolute atomic E-state index is 0.0651. The van der Waals surface area contributed by atoms with Crippen LogP contribution in [0.2, 0.25) is 5.02 Å². The minimum atomic E-state index is -4.46. The number of hydrogen-bond donors (Lipinski definition) is 0. The van der Waals surface area contributed by atoms with Crippen LogP contribution in [0.1, 0.15) is 48.2 Å². The second-order valence-corrected chi connectivity index (χ2v) is 9.57. The number of carbonyl (C=O) groups is 2. The Morgan fingerprint density at radius 1 is 1.09 bits per heavy atom. The molecule has 1 heterocycles. The van der Waals surface area contributed by atoms with Crippen molar-refractivity contribution in [3.05, 3.63) is 70.2 Å². The molecule has 1 aliphatic heterocycles. The summed E-state index contributed by atoms with van der Waals surface area (Å²) in [7, 11) is 0. The molecule has 190 valence electrons. The summed E-state index contributed by atoms with van der Waals surface area (Å²) in [5.41, 5.74) is 0.305. The number of hydrogen-bond acceptors (Lipinski definition) is 3. The third-order valence-electron chi connectivity index (χ3n) is 5.93. The van der Waals surface area contributed by atoms with E-state index in [4.69, 9.17) is 16.3 Å². The molecule has 0 saturated carbocycles. The van der Waals surface area contributed by atoms with Gasteiger partial charge in [-0.3, -0.25) is 9.59 Å². The number of nitrogens with zero attached hydrogens (tertiary/aromatic N) is 2. The molecular formula is C26H30ClF3N2O3. The van der Waals surface area contributed by atoms with Gasteiger partial charge in [0.1, 0.15) is 0 Å². The predicted molar refractivity (Wildman–Crippen MR) is 128 cm³/mol. The van der Waals surface area contributed by atoms with Gasteiger partial charge in [-0.15, -0.1) is 0 Å². The van der Waals surface area contributed by atoms with Crippen LogP contribution in [-0.2, 0) is 22.3 Å². The van der Waals surface area contributed by atoms with Gasteiger partial charge in [-0.05, 0) is 54.3 Å². The fourth-order valence-electron chi connectivity index (χ4n) is 4.18. The predicted octanol–water partition coefficient (Wildman–Crippen LogP) is 5.66. The van der Waals surface area contributed by atoms with Gasteiger partial charge in [0, 0.05) is 36.6 Å². The molecule has 5 nitrogen and oxygen atoms in total. The van der Waals surface area contributed by atoms with E-state index in [1.54, 1.807) is 11.0 Å². The van der Waals surface area contributed by atoms with Gasteiger partial charge in [-0.25, -0.2) is 0 Å². The lowest BCUT2D eigenvalue weighted by atomic mass is 10.0. The first kappa shape index (κ1) is 27.0. The largest absolute Gasteiger partial charge is 0.416 e. The van der Waals surface area contributed by atoms with E-state index in [2.05, 4.69) is 13.8 Å². The summed E-state index contributed by atoms with van der Waals surface area (Å²) in [4.78, 5) is 29.2. The van der Waals surface area contributed by atoms with Crippen LogP contribution in [-0.4, -0.2) is 53.9 Å². The SMILES string of the molecule is CC(C)C[C@@H](COCc1cccc(Cl)c1)N1CCN(C(=O)c2ccc(C(F)(F)F)cc2)CCC1=O. The molecule has 2 amide bonds. The van der Waals surface area contributed by atoms with Crippen molar-refractivity contribution >= 4 is 23.4 Å². The van der Waals surface area contributed by atoms with Crippen molar-refractivity contribution in [3.63, 3.8) is 0 Å². The van der Waals surface area contributed by atoms with Gasteiger partial charge >= 0.3 is 6.18 Å². The Bertz CT molecular complexity index is 1010. The summed E-state index contributed by atoms with van der Waals surface area (Å²) in [5.74, 6) is -0.119. The lowest BCUT2D eigenvalue weighted by molar-refractivity contribution is -0.137. The first-order valence-electron chi connectivity index (χ1n) is 11.6. The smallest absolute Gasteiger partial charge is 0.375 e. The number of halogens is 4. The van der Waals surface area contributed by atoms with E-state index in [-0.39, 0.29) is 36.4 Å². The molecule has 9 heteroatoms. The molecule has 35 heavy (non-hydrogen) atoms. The first-order valence-corrected chi connectivity index (χ1v) is 12.0. The zero-order chi connectivity index (χ0) is 25.6. The highest BCUT2D eigenvalue weighted by molar-refractivity contribution is 6.30. The number of ether oxygens (including phenoxy) is 1. The normalized spacial score (nSPS) is 15.9. The van der Waals surface area contributed by atoms with E-state index < -0.39 is 11.7 Å². The maximum atomic E-state index is 13.0. The molecule has 0 bridgehead atoms. The van der Waals surface area contributed by atoms with E-state index in [0.29, 0.717) is 37.2 Å². The monoisotopic (exact) mass is 510 g/mol. The number of rotatable bonds is 8. The topological polar surface area (TPSA) is 49.9 Å². The highest BCUT2D eigenvalue weighted by Crippen LogP contribution is 2.29. The molecule has 0 N–H and O–H groups in total. The van der Waals surface area contributed by atoms with E-state index in [9.17, 15) is 22.8 Å². The summed E-state index contributed by atoms with van der Waals surface area (Å²) < 4.78 is 44.4. The summed E-state index contributed by atoms with van der Waals surface area (Å²) >= 11 is 6.03. The Morgan fingerprint density at radius 3 is 2.43 bits per heavy atom. The van der Waals surface area contributed by atoms with Crippen LogP contribution in [0.25, 0.3) is 0 Å². The molecule has 1 fully saturated rings. The third kappa shape index (κ3) is 7.70. The van der Waals surface area contributed by atoms with Gasteiger partial charge in [0.2, 0.25) is 5.91 Å². The van der Waals surface area contributed by atoms with Crippen molar-refractivity contribution in [2.75, 3.05) is 26.2 Å². The Kier molecular flexibility index (Phi) is 9.19. The highest BCUT2D eigenvalue weighted by Gasteiger charge is 2.32. The minimum Gasteiger partial charge on any atom is -0.375 e. The highest BCUT2D eigenvalue weighted by atomic mass is 35.5. The Morgan fingerprint density at radius 2 is 1.80 bits per heavy atom. The number of benzene rings is 2. The second-order valence-electron chi connectivity index (χ2n) is 9.13. The standard InChI is InChI=1S/C26H30ClF3N2O3/c1-18(2)14-23(17-35-16-19-4-3-5-22(27)15-19)32-13-12-31(11-10-24(32)33)25(34)20-6-8-21(9-7-20)26(28,29)30/h3-9,15,18,23H,10-14,16-17H2,1-2H3/t23-/m0/s1. The fourth-order valence-corrected chi connectivity index (χ4v) is 4.39. The van der Waals surface area contributed by atoms with E-state index in [0.717, 1.165) is 24.1 Å². The Hall–Kier alpha value is -2.58. The van der Waals surface area contributed by atoms with Crippen molar-refractivity contribution in [2.45, 2.75) is 45.5 Å². The van der Waals surface area contributed by atoms with E-state index in [1.165, 1.54) is 17.0 Å². The van der Waals surface area contributed by atoms with Crippen LogP contribution in [0, 0.1) is 5.92 Å². The van der Waals surface area contributed by atoms with Gasteiger partial charge in [0.15, 0.2) is 0 Å². The quantitative estimate of drug-likeness (QED) is 0.460. The molecule has 1 atom stereocenters. The molecule has 1 aliphatic rings. The Balaban J connectivity index is 1.64. The number of amides is 2. The van der Waals surface area contributed by atoms with E-state index >= 15 is 0 Å². The molecular weight excluding hydrogens is 481 g/mol. The van der Waals surface area contributed by atoms with Crippen molar-refractivity contribution in [1.82, 2.24) is 9.80 Å². The van der Waals surface area contributed by atoms with Crippen molar-refractivity contribution in [1.29, 1.82) is 0 Å². The molecule has 0 aromatic heterocycles. The molecule has 0 unspecified atom stereocenters. The molecule has 0 aliphatic carbocycles. The van der Waals surface area contributed by atoms with Gasteiger partial charge in [-0.1, -0.05) is 37.6 Å². The van der Waals surface area contributed by atoms with Gasteiger partial charge in [0.25, 0.3) is 5.91 Å². The first-order chi connectivity index (χ1) is 16.5. The van der Waals surface area contributed by atoms with Gasteiger partial charge in [-0.2, -0.15) is 13.2 Å². The molecule has 2 aromatic carbocycles. The number of alkyl halides is 3. The summed E-state index contributed by atoms with van der Waals surface area (Å²) in [6.45, 7) is 5.73. The van der Waals surface area contributed by atoms with Crippen LogP contribution in [0.3, 0.4) is 0 Å². The molecule has 2 aromatic rings. The molecule has 3 rings (SSSR count). The van der Waals surface area contributed by atoms with Crippen LogP contribution in [0.15, 0.2) is 48.5 Å². The summed E-state index contributed by atoms with van der Waals surface area (Å²) in [6, 6.07) is 11.4. The van der Waals surface area contributed by atoms with Crippen LogP contribution in [0.4, 0.5) is 13.2 Å². The zero-order valence-electron chi connectivity index (χ0n) is 19.9. The van der Waals surface area contributed by atoms with Gasteiger partial charge < -0.3 is 14.5 Å². The van der Waals surface area contributed by atoms with Crippen molar-refractivity contribution < 1.29 is 27.5 Å². The van der Waals surface area contributed by atoms with Crippen molar-refractivity contribution in [3.8, 4) is 0 Å². The van der Waals surface area contributed by atoms with Gasteiger partial charge in [0.05, 0.1) is 24.8 Å². The summed E-state index contributed by atoms with van der Waals surface area (Å²) in [6.07, 6.45) is -3.57. The number of carbonyl (C=O) groups excluding carboxylic acids is 2. The molecule has 0 spiro atoms. The van der Waals surface area contributed by atoms with Crippen LogP contribution < -0.4 is 0 Å². The summed E-state index contributed by atoms with van der Waals surface area (Å²) in [5, 5.41) is 0.630. The lowest BCUT2D eigenvalue weighted by Gasteiger charge is -2.32. The van der Waals surface area contributed by atoms with Crippen molar-refractivity contribution in [2.24, 2.45) is 5.92 Å². The maximum absolute atomic E-state index is 13.0. The fraction of sp³-hybridized carbons (Fsp3) is 0.462. The lowest BCUT2D eigenvalue weighted by Crippen LogP contribution is -2.45. The van der Waals surface area contributed by atoms with E-state index in [1.807, 2.05) is 18.2 Å². The molecule has 1 saturated heterocycles. The zero-order valence-corrected chi connectivity index (χ0v) is 20.6. The van der Waals surface area contributed by atoms with Crippen LogP contribution >= 0.6 is 11.6 Å². The third-order valence-corrected chi connectivity index (χ3v) is 6.16.